The molecule has 2 aliphatic rings. The van der Waals surface area contributed by atoms with Crippen LogP contribution in [-0.4, -0.2) is 36.6 Å². The van der Waals surface area contributed by atoms with Crippen molar-refractivity contribution in [3.63, 3.8) is 0 Å². The Morgan fingerprint density at radius 2 is 2.00 bits per heavy atom. The van der Waals surface area contributed by atoms with Gasteiger partial charge in [-0.25, -0.2) is 0 Å². The van der Waals surface area contributed by atoms with Gasteiger partial charge in [0.1, 0.15) is 0 Å². The van der Waals surface area contributed by atoms with Crippen molar-refractivity contribution in [2.45, 2.75) is 37.6 Å². The Labute approximate surface area is 168 Å². The normalized spacial score (nSPS) is 20.8. The molecule has 3 aromatic rings. The van der Waals surface area contributed by atoms with Crippen LogP contribution in [0.4, 0.5) is 13.2 Å². The molecule has 0 aliphatic carbocycles. The maximum absolute atomic E-state index is 13.2. The Morgan fingerprint density at radius 3 is 2.72 bits per heavy atom. The molecule has 0 radical (unpaired) electrons. The molecular weight excluding hydrogens is 407 g/mol. The van der Waals surface area contributed by atoms with Crippen LogP contribution in [0.15, 0.2) is 36.5 Å². The zero-order valence-corrected chi connectivity index (χ0v) is 15.7. The van der Waals surface area contributed by atoms with Crippen LogP contribution in [0.5, 0.6) is 0 Å². The van der Waals surface area contributed by atoms with Crippen molar-refractivity contribution in [3.8, 4) is 11.5 Å². The Hall–Kier alpha value is -2.81. The molecule has 2 aliphatic heterocycles. The Bertz CT molecular complexity index is 1090. The average molecular weight is 422 g/mol. The minimum absolute atomic E-state index is 0.143. The highest BCUT2D eigenvalue weighted by molar-refractivity contribution is 6.34. The van der Waals surface area contributed by atoms with E-state index in [0.717, 1.165) is 18.2 Å². The van der Waals surface area contributed by atoms with Crippen molar-refractivity contribution < 1.29 is 18.0 Å². The lowest BCUT2D eigenvalue weighted by atomic mass is 10.1. The van der Waals surface area contributed by atoms with Crippen LogP contribution in [0.2, 0.25) is 5.02 Å². The lowest BCUT2D eigenvalue weighted by Gasteiger charge is -2.35. The molecule has 1 amide bonds. The molecule has 29 heavy (non-hydrogen) atoms. The van der Waals surface area contributed by atoms with E-state index in [2.05, 4.69) is 15.2 Å². The molecule has 10 heteroatoms. The lowest BCUT2D eigenvalue weighted by molar-refractivity contribution is -0.137. The van der Waals surface area contributed by atoms with E-state index < -0.39 is 22.7 Å². The van der Waals surface area contributed by atoms with Gasteiger partial charge in [0.2, 0.25) is 0 Å². The van der Waals surface area contributed by atoms with Crippen LogP contribution < -0.4 is 0 Å². The maximum atomic E-state index is 13.2. The van der Waals surface area contributed by atoms with E-state index in [1.165, 1.54) is 12.1 Å². The Morgan fingerprint density at radius 1 is 1.17 bits per heavy atom. The van der Waals surface area contributed by atoms with Gasteiger partial charge in [0.15, 0.2) is 11.6 Å². The second-order valence-corrected chi connectivity index (χ2v) is 7.58. The molecule has 1 aromatic carbocycles. The summed E-state index contributed by atoms with van der Waals surface area (Å²) in [5, 5.41) is 7.98. The van der Waals surface area contributed by atoms with E-state index in [4.69, 9.17) is 11.6 Å². The summed E-state index contributed by atoms with van der Waals surface area (Å²) in [6.45, 7) is 0.482. The number of carbonyl (C=O) groups excluding carboxylic acids is 1. The van der Waals surface area contributed by atoms with E-state index in [9.17, 15) is 18.0 Å². The standard InChI is InChI=1S/C19H15ClF3N5O/c20-15-11(3-1-4-12(15)19(21,22)23)18(29)28-10-6-7-14(28)17-26-25-16(27(17)9-10)13-5-2-8-24-13/h1-5,8,10,14,24H,6-7,9H2/t10-,14-/m1/s1. The van der Waals surface area contributed by atoms with Gasteiger partial charge < -0.3 is 14.5 Å². The summed E-state index contributed by atoms with van der Waals surface area (Å²) in [7, 11) is 0. The minimum Gasteiger partial charge on any atom is -0.359 e. The summed E-state index contributed by atoms with van der Waals surface area (Å²) in [6, 6.07) is 6.67. The largest absolute Gasteiger partial charge is 0.417 e. The van der Waals surface area contributed by atoms with Crippen LogP contribution in [0, 0.1) is 0 Å². The number of nitrogens with zero attached hydrogens (tertiary/aromatic N) is 4. The third kappa shape index (κ3) is 2.75. The number of amides is 1. The van der Waals surface area contributed by atoms with Gasteiger partial charge in [-0.3, -0.25) is 4.79 Å². The van der Waals surface area contributed by atoms with E-state index in [0.29, 0.717) is 24.6 Å². The second kappa shape index (κ2) is 6.35. The summed E-state index contributed by atoms with van der Waals surface area (Å²) in [5.74, 6) is 0.815. The molecule has 0 saturated carbocycles. The number of nitrogens with one attached hydrogen (secondary N) is 1. The highest BCUT2D eigenvalue weighted by Gasteiger charge is 2.46. The van der Waals surface area contributed by atoms with Crippen LogP contribution in [0.25, 0.3) is 11.5 Å². The highest BCUT2D eigenvalue weighted by Crippen LogP contribution is 2.44. The molecule has 4 heterocycles. The molecule has 1 fully saturated rings. The molecule has 2 atom stereocenters. The van der Waals surface area contributed by atoms with Gasteiger partial charge in [-0.1, -0.05) is 17.7 Å². The maximum Gasteiger partial charge on any atom is 0.417 e. The minimum atomic E-state index is -4.63. The fourth-order valence-electron chi connectivity index (χ4n) is 4.30. The molecule has 6 nitrogen and oxygen atoms in total. The molecule has 0 unspecified atom stereocenters. The average Bonchev–Trinajstić information content (AvgIpc) is 3.39. The van der Waals surface area contributed by atoms with E-state index in [1.54, 1.807) is 11.1 Å². The number of aromatic amines is 1. The number of carbonyl (C=O) groups is 1. The first-order chi connectivity index (χ1) is 13.9. The smallest absolute Gasteiger partial charge is 0.359 e. The molecule has 1 N–H and O–H groups in total. The zero-order valence-electron chi connectivity index (χ0n) is 14.9. The quantitative estimate of drug-likeness (QED) is 0.670. The fraction of sp³-hybridized carbons (Fsp3) is 0.316. The molecule has 1 saturated heterocycles. The summed E-state index contributed by atoms with van der Waals surface area (Å²) in [6.07, 6.45) is -1.42. The number of benzene rings is 1. The van der Waals surface area contributed by atoms with Gasteiger partial charge in [0.05, 0.1) is 33.9 Å². The van der Waals surface area contributed by atoms with Crippen LogP contribution in [0.3, 0.4) is 0 Å². The molecule has 150 valence electrons. The van der Waals surface area contributed by atoms with Gasteiger partial charge >= 0.3 is 6.18 Å². The summed E-state index contributed by atoms with van der Waals surface area (Å²) in [5.41, 5.74) is -0.327. The molecular formula is C19H15ClF3N5O. The van der Waals surface area contributed by atoms with Gasteiger partial charge in [-0.15, -0.1) is 10.2 Å². The highest BCUT2D eigenvalue weighted by atomic mass is 35.5. The first-order valence-electron chi connectivity index (χ1n) is 9.11. The van der Waals surface area contributed by atoms with Crippen LogP contribution in [0.1, 0.15) is 40.6 Å². The molecule has 2 aromatic heterocycles. The third-order valence-corrected chi connectivity index (χ3v) is 5.99. The third-order valence-electron chi connectivity index (χ3n) is 5.58. The topological polar surface area (TPSA) is 66.8 Å². The van der Waals surface area contributed by atoms with Crippen molar-refractivity contribution in [2.75, 3.05) is 0 Å². The van der Waals surface area contributed by atoms with E-state index in [1.807, 2.05) is 16.7 Å². The summed E-state index contributed by atoms with van der Waals surface area (Å²) in [4.78, 5) is 17.9. The van der Waals surface area contributed by atoms with Crippen molar-refractivity contribution in [1.29, 1.82) is 0 Å². The predicted molar refractivity (Wildman–Crippen MR) is 98.2 cm³/mol. The van der Waals surface area contributed by atoms with Crippen LogP contribution >= 0.6 is 11.6 Å². The molecule has 5 rings (SSSR count). The van der Waals surface area contributed by atoms with Gasteiger partial charge in [0.25, 0.3) is 5.91 Å². The number of H-pyrrole nitrogens is 1. The molecule has 2 bridgehead atoms. The summed E-state index contributed by atoms with van der Waals surface area (Å²) >= 11 is 5.99. The Kier molecular flexibility index (Phi) is 3.99. The van der Waals surface area contributed by atoms with Crippen molar-refractivity contribution in [2.24, 2.45) is 0 Å². The van der Waals surface area contributed by atoms with E-state index in [-0.39, 0.29) is 17.6 Å². The monoisotopic (exact) mass is 421 g/mol. The van der Waals surface area contributed by atoms with Crippen molar-refractivity contribution in [3.05, 3.63) is 58.5 Å². The number of fused-ring (bicyclic) bond motifs is 4. The number of halogens is 4. The van der Waals surface area contributed by atoms with Crippen LogP contribution in [-0.2, 0) is 12.7 Å². The predicted octanol–water partition coefficient (Wildman–Crippen LogP) is 4.30. The number of hydrogen-bond acceptors (Lipinski definition) is 3. The lowest BCUT2D eigenvalue weighted by Crippen LogP contribution is -2.44. The van der Waals surface area contributed by atoms with Crippen molar-refractivity contribution >= 4 is 17.5 Å². The number of rotatable bonds is 2. The zero-order chi connectivity index (χ0) is 20.3. The van der Waals surface area contributed by atoms with Gasteiger partial charge in [-0.2, -0.15) is 13.2 Å². The first-order valence-corrected chi connectivity index (χ1v) is 9.49. The van der Waals surface area contributed by atoms with Gasteiger partial charge in [0, 0.05) is 12.7 Å². The first kappa shape index (κ1) is 18.2. The number of hydrogen-bond donors (Lipinski definition) is 1. The Balaban J connectivity index is 1.53. The van der Waals surface area contributed by atoms with E-state index >= 15 is 0 Å². The van der Waals surface area contributed by atoms with Gasteiger partial charge in [-0.05, 0) is 37.1 Å². The summed E-state index contributed by atoms with van der Waals surface area (Å²) < 4.78 is 41.6. The molecule has 0 spiro atoms. The SMILES string of the molecule is O=C(c1cccc(C(F)(F)F)c1Cl)N1[C@@H]2CC[C@@H]1c1nnc(-c3ccc[nH]3)n1C2. The number of aromatic nitrogens is 4. The number of alkyl halides is 3. The fourth-order valence-corrected chi connectivity index (χ4v) is 4.61. The second-order valence-electron chi connectivity index (χ2n) is 7.20. The van der Waals surface area contributed by atoms with Crippen molar-refractivity contribution in [1.82, 2.24) is 24.6 Å².